The third-order valence-electron chi connectivity index (χ3n) is 5.05. The van der Waals surface area contributed by atoms with Crippen LogP contribution in [0.4, 0.5) is 0 Å². The first kappa shape index (κ1) is 14.5. The van der Waals surface area contributed by atoms with E-state index in [9.17, 15) is 0 Å². The molecule has 4 N–H and O–H groups in total. The normalized spacial score (nSPS) is 22.0. The predicted octanol–water partition coefficient (Wildman–Crippen LogP) is 2.13. The fraction of sp³-hybridized carbons (Fsp3) is 0.471. The molecule has 3 heterocycles. The van der Waals surface area contributed by atoms with Crippen molar-refractivity contribution in [2.75, 3.05) is 6.54 Å². The molecule has 23 heavy (non-hydrogen) atoms. The van der Waals surface area contributed by atoms with E-state index < -0.39 is 0 Å². The molecular formula is C17H22N6. The number of rotatable bonds is 3. The van der Waals surface area contributed by atoms with Crippen LogP contribution in [0.15, 0.2) is 24.5 Å². The molecule has 0 atom stereocenters. The molecule has 0 amide bonds. The zero-order chi connectivity index (χ0) is 15.8. The van der Waals surface area contributed by atoms with Crippen molar-refractivity contribution in [2.24, 2.45) is 17.4 Å². The lowest BCUT2D eigenvalue weighted by Crippen LogP contribution is -2.24. The Hall–Kier alpha value is -2.05. The van der Waals surface area contributed by atoms with Gasteiger partial charge in [0.05, 0.1) is 23.8 Å². The van der Waals surface area contributed by atoms with Crippen LogP contribution in [0, 0.1) is 5.92 Å². The number of pyridine rings is 2. The molecule has 1 saturated carbocycles. The van der Waals surface area contributed by atoms with Gasteiger partial charge in [-0.1, -0.05) is 0 Å². The van der Waals surface area contributed by atoms with Gasteiger partial charge in [-0.3, -0.25) is 9.97 Å². The Kier molecular flexibility index (Phi) is 3.71. The van der Waals surface area contributed by atoms with Crippen molar-refractivity contribution in [1.82, 2.24) is 19.5 Å². The fourth-order valence-electron chi connectivity index (χ4n) is 3.81. The Balaban J connectivity index is 1.88. The van der Waals surface area contributed by atoms with Crippen LogP contribution in [0.25, 0.3) is 22.1 Å². The van der Waals surface area contributed by atoms with Gasteiger partial charge < -0.3 is 16.0 Å². The van der Waals surface area contributed by atoms with Crippen LogP contribution < -0.4 is 11.5 Å². The summed E-state index contributed by atoms with van der Waals surface area (Å²) in [6.07, 6.45) is 8.23. The molecule has 0 saturated heterocycles. The number of nitrogens with zero attached hydrogens (tertiary/aromatic N) is 4. The van der Waals surface area contributed by atoms with Gasteiger partial charge in [0, 0.05) is 12.2 Å². The van der Waals surface area contributed by atoms with Crippen LogP contribution in [0.5, 0.6) is 0 Å². The smallest absolute Gasteiger partial charge is 0.124 e. The van der Waals surface area contributed by atoms with Gasteiger partial charge in [-0.2, -0.15) is 0 Å². The molecule has 6 heteroatoms. The molecule has 6 nitrogen and oxygen atoms in total. The number of aromatic nitrogens is 4. The third kappa shape index (κ3) is 2.38. The predicted molar refractivity (Wildman–Crippen MR) is 90.8 cm³/mol. The van der Waals surface area contributed by atoms with E-state index in [1.807, 2.05) is 24.5 Å². The zero-order valence-electron chi connectivity index (χ0n) is 13.2. The molecule has 0 spiro atoms. The standard InChI is InChI=1S/C17H22N6/c18-8-11-3-5-12(6-4-11)23-15(9-19)22-14-10-21-13-2-1-7-20-16(13)17(14)23/h1-2,7,10-12H,3-6,8-9,18-19H2/t11-,12-. The number of hydrogen-bond acceptors (Lipinski definition) is 5. The van der Waals surface area contributed by atoms with Gasteiger partial charge >= 0.3 is 0 Å². The van der Waals surface area contributed by atoms with Crippen molar-refractivity contribution >= 4 is 22.1 Å². The van der Waals surface area contributed by atoms with Crippen LogP contribution in [0.1, 0.15) is 37.5 Å². The molecule has 120 valence electrons. The van der Waals surface area contributed by atoms with Gasteiger partial charge in [0.1, 0.15) is 16.9 Å². The number of fused-ring (bicyclic) bond motifs is 3. The van der Waals surface area contributed by atoms with Crippen molar-refractivity contribution in [1.29, 1.82) is 0 Å². The third-order valence-corrected chi connectivity index (χ3v) is 5.05. The van der Waals surface area contributed by atoms with E-state index in [4.69, 9.17) is 16.5 Å². The van der Waals surface area contributed by atoms with E-state index in [1.165, 1.54) is 12.8 Å². The SMILES string of the molecule is NCc1nc2cnc3cccnc3c2n1[C@H]1CC[C@H](CN)CC1. The minimum absolute atomic E-state index is 0.425. The Bertz CT molecular complexity index is 832. The lowest BCUT2D eigenvalue weighted by molar-refractivity contribution is 0.280. The van der Waals surface area contributed by atoms with Crippen LogP contribution in [-0.2, 0) is 6.54 Å². The highest BCUT2D eigenvalue weighted by Crippen LogP contribution is 2.36. The molecule has 0 aromatic carbocycles. The summed E-state index contributed by atoms with van der Waals surface area (Å²) in [5.74, 6) is 1.58. The fourth-order valence-corrected chi connectivity index (χ4v) is 3.81. The lowest BCUT2D eigenvalue weighted by atomic mass is 9.86. The zero-order valence-corrected chi connectivity index (χ0v) is 13.2. The summed E-state index contributed by atoms with van der Waals surface area (Å²) in [6.45, 7) is 1.22. The molecule has 4 rings (SSSR count). The minimum atomic E-state index is 0.425. The number of imidazole rings is 1. The first-order valence-corrected chi connectivity index (χ1v) is 8.32. The van der Waals surface area contributed by atoms with E-state index >= 15 is 0 Å². The summed E-state index contributed by atoms with van der Waals surface area (Å²) in [7, 11) is 0. The van der Waals surface area contributed by atoms with E-state index in [1.54, 1.807) is 0 Å². The average Bonchev–Trinajstić information content (AvgIpc) is 3.01. The van der Waals surface area contributed by atoms with Gasteiger partial charge in [0.25, 0.3) is 0 Å². The van der Waals surface area contributed by atoms with E-state index in [2.05, 4.69) is 14.5 Å². The van der Waals surface area contributed by atoms with Crippen LogP contribution >= 0.6 is 0 Å². The molecule has 1 aliphatic rings. The molecular weight excluding hydrogens is 288 g/mol. The molecule has 1 aliphatic carbocycles. The van der Waals surface area contributed by atoms with Crippen LogP contribution in [0.3, 0.4) is 0 Å². The largest absolute Gasteiger partial charge is 0.330 e. The Labute approximate surface area is 134 Å². The molecule has 3 aromatic rings. The maximum Gasteiger partial charge on any atom is 0.124 e. The van der Waals surface area contributed by atoms with Crippen LogP contribution in [0.2, 0.25) is 0 Å². The molecule has 0 bridgehead atoms. The first-order chi connectivity index (χ1) is 11.3. The highest BCUT2D eigenvalue weighted by atomic mass is 15.1. The van der Waals surface area contributed by atoms with Gasteiger partial charge in [-0.15, -0.1) is 0 Å². The van der Waals surface area contributed by atoms with Crippen LogP contribution in [-0.4, -0.2) is 26.1 Å². The average molecular weight is 310 g/mol. The summed E-state index contributed by atoms with van der Waals surface area (Å²) in [5, 5.41) is 0. The second-order valence-electron chi connectivity index (χ2n) is 6.38. The summed E-state index contributed by atoms with van der Waals surface area (Å²) in [6, 6.07) is 4.33. The number of hydrogen-bond donors (Lipinski definition) is 2. The van der Waals surface area contributed by atoms with Gasteiger partial charge in [-0.05, 0) is 50.3 Å². The molecule has 0 unspecified atom stereocenters. The molecule has 1 fully saturated rings. The van der Waals surface area contributed by atoms with Crippen molar-refractivity contribution < 1.29 is 0 Å². The van der Waals surface area contributed by atoms with Crippen molar-refractivity contribution in [3.63, 3.8) is 0 Å². The second kappa shape index (κ2) is 5.86. The summed E-state index contributed by atoms with van der Waals surface area (Å²) < 4.78 is 2.32. The first-order valence-electron chi connectivity index (χ1n) is 8.32. The maximum absolute atomic E-state index is 5.97. The number of nitrogens with two attached hydrogens (primary N) is 2. The highest BCUT2D eigenvalue weighted by molar-refractivity contribution is 5.99. The molecule has 3 aromatic heterocycles. The monoisotopic (exact) mass is 310 g/mol. The van der Waals surface area contributed by atoms with Crippen molar-refractivity contribution in [2.45, 2.75) is 38.3 Å². The highest BCUT2D eigenvalue weighted by Gasteiger charge is 2.26. The molecule has 0 radical (unpaired) electrons. The second-order valence-corrected chi connectivity index (χ2v) is 6.38. The lowest BCUT2D eigenvalue weighted by Gasteiger charge is -2.30. The topological polar surface area (TPSA) is 95.6 Å². The minimum Gasteiger partial charge on any atom is -0.330 e. The van der Waals surface area contributed by atoms with Crippen molar-refractivity contribution in [3.05, 3.63) is 30.4 Å². The van der Waals surface area contributed by atoms with Gasteiger partial charge in [0.15, 0.2) is 0 Å². The van der Waals surface area contributed by atoms with Gasteiger partial charge in [-0.25, -0.2) is 4.98 Å². The Morgan fingerprint density at radius 2 is 1.91 bits per heavy atom. The van der Waals surface area contributed by atoms with E-state index in [-0.39, 0.29) is 0 Å². The Morgan fingerprint density at radius 3 is 2.65 bits per heavy atom. The van der Waals surface area contributed by atoms with Gasteiger partial charge in [0.2, 0.25) is 0 Å². The van der Waals surface area contributed by atoms with Crippen molar-refractivity contribution in [3.8, 4) is 0 Å². The summed E-state index contributed by atoms with van der Waals surface area (Å²) in [5.41, 5.74) is 15.6. The van der Waals surface area contributed by atoms with E-state index in [0.29, 0.717) is 18.5 Å². The summed E-state index contributed by atoms with van der Waals surface area (Å²) >= 11 is 0. The summed E-state index contributed by atoms with van der Waals surface area (Å²) in [4.78, 5) is 13.7. The molecule has 0 aliphatic heterocycles. The van der Waals surface area contributed by atoms with E-state index in [0.717, 1.165) is 47.3 Å². The quantitative estimate of drug-likeness (QED) is 0.772. The maximum atomic E-state index is 5.97. The Morgan fingerprint density at radius 1 is 1.09 bits per heavy atom.